The summed E-state index contributed by atoms with van der Waals surface area (Å²) < 4.78 is 63.5. The first-order valence-corrected chi connectivity index (χ1v) is 13.7. The molecule has 228 valence electrons. The average molecular weight is 585 g/mol. The van der Waals surface area contributed by atoms with Gasteiger partial charge in [-0.25, -0.2) is 32.3 Å². The number of halogens is 4. The molecule has 8 nitrogen and oxygen atoms in total. The number of nitrogens with zero attached hydrogens (tertiary/aromatic N) is 3. The van der Waals surface area contributed by atoms with Crippen LogP contribution >= 0.6 is 0 Å². The van der Waals surface area contributed by atoms with E-state index in [1.54, 1.807) is 52.4 Å². The summed E-state index contributed by atoms with van der Waals surface area (Å²) in [5.74, 6) is -3.28. The first kappa shape index (κ1) is 32.2. The molecule has 2 fully saturated rings. The van der Waals surface area contributed by atoms with Crippen molar-refractivity contribution >= 4 is 17.7 Å². The van der Waals surface area contributed by atoms with Gasteiger partial charge in [0.2, 0.25) is 11.8 Å². The molecule has 2 aromatic rings. The topological polar surface area (TPSA) is 111 Å². The van der Waals surface area contributed by atoms with Crippen molar-refractivity contribution < 1.29 is 36.9 Å². The van der Waals surface area contributed by atoms with Crippen LogP contribution in [-0.2, 0) is 0 Å². The van der Waals surface area contributed by atoms with E-state index < -0.39 is 23.5 Å². The van der Waals surface area contributed by atoms with Gasteiger partial charge in [-0.15, -0.1) is 0 Å². The number of anilines is 2. The van der Waals surface area contributed by atoms with Crippen LogP contribution in [0.2, 0.25) is 0 Å². The number of nitrogen functional groups attached to an aromatic ring is 1. The predicted molar refractivity (Wildman–Crippen MR) is 149 cm³/mol. The molecule has 0 bridgehead atoms. The average Bonchev–Trinajstić information content (AvgIpc) is 2.88. The summed E-state index contributed by atoms with van der Waals surface area (Å²) in [6.07, 6.45) is 3.34. The van der Waals surface area contributed by atoms with Gasteiger partial charge >= 0.3 is 6.09 Å². The second-order valence-electron chi connectivity index (χ2n) is 11.7. The number of hydrogen-bond donors (Lipinski definition) is 2. The summed E-state index contributed by atoms with van der Waals surface area (Å²) in [7, 11) is 3.04. The van der Waals surface area contributed by atoms with E-state index in [4.69, 9.17) is 15.2 Å². The fourth-order valence-electron chi connectivity index (χ4n) is 5.42. The molecule has 0 spiro atoms. The van der Waals surface area contributed by atoms with Gasteiger partial charge in [-0.3, -0.25) is 4.90 Å². The number of carbonyl (C=O) groups is 1. The predicted octanol–water partition coefficient (Wildman–Crippen LogP) is 7.63. The SMILES string of the molecule is COc1cc(N(C(=O)O)C(C)(C)C)ncc1C1CCC(F)(F)CC1.COc1cc(N)ncc1C1CCC(F)(F)CC1. The molecule has 0 aromatic carbocycles. The van der Waals surface area contributed by atoms with Gasteiger partial charge in [0.1, 0.15) is 23.1 Å². The lowest BCUT2D eigenvalue weighted by Gasteiger charge is -2.33. The maximum absolute atomic E-state index is 13.3. The Morgan fingerprint density at radius 3 is 1.68 bits per heavy atom. The van der Waals surface area contributed by atoms with Crippen LogP contribution in [-0.4, -0.2) is 52.8 Å². The van der Waals surface area contributed by atoms with Gasteiger partial charge in [0.05, 0.1) is 14.2 Å². The molecule has 2 aliphatic carbocycles. The summed E-state index contributed by atoms with van der Waals surface area (Å²) in [5, 5.41) is 9.46. The molecule has 12 heteroatoms. The van der Waals surface area contributed by atoms with E-state index in [2.05, 4.69) is 9.97 Å². The number of aromatic nitrogens is 2. The molecule has 2 saturated carbocycles. The number of rotatable bonds is 5. The lowest BCUT2D eigenvalue weighted by molar-refractivity contribution is -0.0389. The van der Waals surface area contributed by atoms with Crippen molar-refractivity contribution in [2.45, 2.75) is 101 Å². The molecule has 0 atom stereocenters. The quantitative estimate of drug-likeness (QED) is 0.348. The normalized spacial score (nSPS) is 19.0. The van der Waals surface area contributed by atoms with E-state index >= 15 is 0 Å². The standard InChI is InChI=1S/C17H24F2N2O3.C12H16F2N2O/c1-16(2,3)21(15(22)23)14-9-13(24-4)12(10-20-14)11-5-7-17(18,19)8-6-11;1-17-10-6-11(15)16-7-9(10)8-2-4-12(13,14)5-3-8/h9-11H,5-8H2,1-4H3,(H,22,23);6-8H,2-5H2,1H3,(H2,15,16). The molecule has 41 heavy (non-hydrogen) atoms. The van der Waals surface area contributed by atoms with Crippen LogP contribution in [0.1, 0.15) is 95.1 Å². The van der Waals surface area contributed by atoms with Gasteiger partial charge in [-0.2, -0.15) is 0 Å². The molecule has 4 rings (SSSR count). The van der Waals surface area contributed by atoms with Crippen LogP contribution in [0.4, 0.5) is 34.0 Å². The molecule has 2 aliphatic rings. The van der Waals surface area contributed by atoms with Crippen molar-refractivity contribution in [3.63, 3.8) is 0 Å². The van der Waals surface area contributed by atoms with Crippen molar-refractivity contribution in [3.8, 4) is 11.5 Å². The Bertz CT molecular complexity index is 1190. The van der Waals surface area contributed by atoms with Gasteiger partial charge in [0.25, 0.3) is 0 Å². The van der Waals surface area contributed by atoms with Gasteiger partial charge in [-0.1, -0.05) is 0 Å². The zero-order valence-electron chi connectivity index (χ0n) is 24.2. The molecule has 0 aliphatic heterocycles. The minimum atomic E-state index is -2.59. The third-order valence-electron chi connectivity index (χ3n) is 7.64. The van der Waals surface area contributed by atoms with Crippen LogP contribution in [0.25, 0.3) is 0 Å². The summed E-state index contributed by atoms with van der Waals surface area (Å²) in [6.45, 7) is 5.31. The molecule has 3 N–H and O–H groups in total. The number of nitrogens with two attached hydrogens (primary N) is 1. The van der Waals surface area contributed by atoms with E-state index in [1.807, 2.05) is 0 Å². The third kappa shape index (κ3) is 8.36. The maximum Gasteiger partial charge on any atom is 0.413 e. The Labute approximate surface area is 238 Å². The lowest BCUT2D eigenvalue weighted by atomic mass is 9.82. The van der Waals surface area contributed by atoms with Crippen LogP contribution in [0.5, 0.6) is 11.5 Å². The Morgan fingerprint density at radius 2 is 1.29 bits per heavy atom. The number of pyridine rings is 2. The van der Waals surface area contributed by atoms with Gasteiger partial charge in [-0.05, 0) is 58.3 Å². The molecule has 2 aromatic heterocycles. The Morgan fingerprint density at radius 1 is 0.878 bits per heavy atom. The van der Waals surface area contributed by atoms with Crippen LogP contribution in [0.3, 0.4) is 0 Å². The maximum atomic E-state index is 13.3. The second kappa shape index (κ2) is 12.7. The number of hydrogen-bond acceptors (Lipinski definition) is 6. The minimum Gasteiger partial charge on any atom is -0.496 e. The van der Waals surface area contributed by atoms with E-state index in [0.29, 0.717) is 43.0 Å². The zero-order chi connectivity index (χ0) is 30.6. The summed E-state index contributed by atoms with van der Waals surface area (Å²) >= 11 is 0. The van der Waals surface area contributed by atoms with Crippen LogP contribution in [0.15, 0.2) is 24.5 Å². The Balaban J connectivity index is 0.000000239. The smallest absolute Gasteiger partial charge is 0.413 e. The highest BCUT2D eigenvalue weighted by atomic mass is 19.3. The zero-order valence-corrected chi connectivity index (χ0v) is 24.2. The summed E-state index contributed by atoms with van der Waals surface area (Å²) in [6, 6.07) is 3.21. The summed E-state index contributed by atoms with van der Waals surface area (Å²) in [5.41, 5.74) is 6.54. The monoisotopic (exact) mass is 584 g/mol. The summed E-state index contributed by atoms with van der Waals surface area (Å²) in [4.78, 5) is 21.0. The first-order valence-electron chi connectivity index (χ1n) is 13.7. The number of alkyl halides is 4. The van der Waals surface area contributed by atoms with Crippen molar-refractivity contribution in [2.24, 2.45) is 0 Å². The fraction of sp³-hybridized carbons (Fsp3) is 0.621. The van der Waals surface area contributed by atoms with Crippen molar-refractivity contribution in [1.29, 1.82) is 0 Å². The van der Waals surface area contributed by atoms with Crippen molar-refractivity contribution in [1.82, 2.24) is 9.97 Å². The van der Waals surface area contributed by atoms with E-state index in [9.17, 15) is 27.5 Å². The van der Waals surface area contributed by atoms with Crippen LogP contribution in [0, 0.1) is 0 Å². The fourth-order valence-corrected chi connectivity index (χ4v) is 5.42. The van der Waals surface area contributed by atoms with Gasteiger partial charge in [0.15, 0.2) is 0 Å². The number of ether oxygens (including phenoxy) is 2. The van der Waals surface area contributed by atoms with Gasteiger partial charge in [0, 0.05) is 66.9 Å². The van der Waals surface area contributed by atoms with E-state index in [1.165, 1.54) is 7.11 Å². The molecular weight excluding hydrogens is 544 g/mol. The molecule has 2 heterocycles. The van der Waals surface area contributed by atoms with Gasteiger partial charge < -0.3 is 20.3 Å². The lowest BCUT2D eigenvalue weighted by Crippen LogP contribution is -2.45. The molecule has 1 amide bonds. The molecular formula is C29H40F4N4O4. The highest BCUT2D eigenvalue weighted by Gasteiger charge is 2.38. The molecule has 0 unspecified atom stereocenters. The highest BCUT2D eigenvalue weighted by molar-refractivity contribution is 5.86. The van der Waals surface area contributed by atoms with Crippen molar-refractivity contribution in [2.75, 3.05) is 24.9 Å². The first-order chi connectivity index (χ1) is 19.1. The Kier molecular flexibility index (Phi) is 9.97. The largest absolute Gasteiger partial charge is 0.496 e. The van der Waals surface area contributed by atoms with E-state index in [-0.39, 0.29) is 43.3 Å². The number of methoxy groups -OCH3 is 2. The number of amides is 1. The van der Waals surface area contributed by atoms with Crippen LogP contribution < -0.4 is 20.1 Å². The molecule has 0 saturated heterocycles. The molecule has 0 radical (unpaired) electrons. The number of carboxylic acid groups (broad SMARTS) is 1. The Hall–Kier alpha value is -3.31. The minimum absolute atomic E-state index is 0.0472. The van der Waals surface area contributed by atoms with Crippen molar-refractivity contribution in [3.05, 3.63) is 35.7 Å². The second-order valence-corrected chi connectivity index (χ2v) is 11.7. The van der Waals surface area contributed by atoms with E-state index in [0.717, 1.165) is 16.0 Å². The third-order valence-corrected chi connectivity index (χ3v) is 7.64. The highest BCUT2D eigenvalue weighted by Crippen LogP contribution is 2.45.